The average molecular weight is 698 g/mol. The van der Waals surface area contributed by atoms with Crippen molar-refractivity contribution >= 4 is 45.6 Å². The van der Waals surface area contributed by atoms with Crippen molar-refractivity contribution in [3.63, 3.8) is 0 Å². The average Bonchev–Trinajstić information content (AvgIpc) is 3.73. The molecule has 0 aromatic carbocycles. The number of nitrogens with one attached hydrogen (secondary N) is 4. The van der Waals surface area contributed by atoms with Gasteiger partial charge >= 0.3 is 5.97 Å². The van der Waals surface area contributed by atoms with Crippen LogP contribution in [0.3, 0.4) is 0 Å². The SMILES string of the molecule is CC(=O)O[C@@H](C)/C=C\C(=O)N[C@@H]1C[C@H](C)[C@H](C/C=C(C)/C=C/[C@H]2O[C@H](CC(=O)NC(=N)NC(=O)CBr)C[C@@]3(CO3)[C@@H]2O)O[C@@H]1C. The van der Waals surface area contributed by atoms with E-state index < -0.39 is 53.8 Å². The number of allylic oxidation sites excluding steroid dienone is 2. The van der Waals surface area contributed by atoms with Gasteiger partial charge in [-0.05, 0) is 45.6 Å². The monoisotopic (exact) mass is 696 g/mol. The lowest BCUT2D eigenvalue weighted by atomic mass is 9.87. The maximum absolute atomic E-state index is 12.4. The maximum Gasteiger partial charge on any atom is 0.303 e. The zero-order chi connectivity index (χ0) is 33.3. The quantitative estimate of drug-likeness (QED) is 0.0409. The van der Waals surface area contributed by atoms with E-state index in [1.54, 1.807) is 13.0 Å². The number of alkyl halides is 1. The second-order valence-corrected chi connectivity index (χ2v) is 12.5. The van der Waals surface area contributed by atoms with Crippen LogP contribution in [0.15, 0.2) is 36.0 Å². The summed E-state index contributed by atoms with van der Waals surface area (Å²) in [4.78, 5) is 47.3. The summed E-state index contributed by atoms with van der Waals surface area (Å²) < 4.78 is 22.9. The minimum Gasteiger partial charge on any atom is -0.459 e. The van der Waals surface area contributed by atoms with Gasteiger partial charge in [0.15, 0.2) is 0 Å². The summed E-state index contributed by atoms with van der Waals surface area (Å²) >= 11 is 2.98. The minimum absolute atomic E-state index is 0.00225. The van der Waals surface area contributed by atoms with Crippen LogP contribution in [0.4, 0.5) is 0 Å². The Kier molecular flexibility index (Phi) is 13.5. The minimum atomic E-state index is -0.896. The number of amides is 3. The van der Waals surface area contributed by atoms with Gasteiger partial charge in [-0.25, -0.2) is 0 Å². The number of ether oxygens (including phenoxy) is 4. The number of guanidine groups is 1. The Morgan fingerprint density at radius 3 is 2.47 bits per heavy atom. The second-order valence-electron chi connectivity index (χ2n) is 12.0. The van der Waals surface area contributed by atoms with Crippen molar-refractivity contribution in [2.24, 2.45) is 5.92 Å². The number of hydrogen-bond acceptors (Lipinski definition) is 10. The Labute approximate surface area is 272 Å². The molecule has 9 atom stereocenters. The van der Waals surface area contributed by atoms with E-state index in [0.717, 1.165) is 12.0 Å². The molecule has 0 aromatic heterocycles. The van der Waals surface area contributed by atoms with Gasteiger partial charge in [0, 0.05) is 19.4 Å². The standard InChI is InChI=1S/C31H45BrN4O9/c1-17(6-9-24-18(2)12-23(20(4)44-24)34-26(38)11-8-19(3)43-21(5)37)7-10-25-29(41)31(16-42-31)14-22(45-25)13-27(39)35-30(33)36-28(40)15-32/h6-8,10-11,18-20,22-25,29,41H,9,12-16H2,1-5H3,(H,34,38)(H3,33,35,36,39,40)/b10-7+,11-8-,17-6+/t18-,19-,20+,22+,23+,24-,25+,29+,31+/m0/s1. The molecule has 250 valence electrons. The van der Waals surface area contributed by atoms with Gasteiger partial charge in [0.1, 0.15) is 23.9 Å². The van der Waals surface area contributed by atoms with Gasteiger partial charge in [-0.1, -0.05) is 46.7 Å². The fraction of sp³-hybridized carbons (Fsp3) is 0.645. The molecule has 3 fully saturated rings. The highest BCUT2D eigenvalue weighted by Gasteiger charge is 2.58. The van der Waals surface area contributed by atoms with Crippen molar-refractivity contribution in [3.8, 4) is 0 Å². The maximum atomic E-state index is 12.4. The van der Waals surface area contributed by atoms with Crippen molar-refractivity contribution < 1.29 is 43.2 Å². The van der Waals surface area contributed by atoms with E-state index in [2.05, 4.69) is 44.9 Å². The molecule has 3 aliphatic heterocycles. The number of aliphatic hydroxyl groups is 1. The molecule has 13 nitrogen and oxygen atoms in total. The van der Waals surface area contributed by atoms with Gasteiger partial charge in [0.25, 0.3) is 0 Å². The first kappa shape index (κ1) is 36.6. The molecule has 0 radical (unpaired) electrons. The van der Waals surface area contributed by atoms with Crippen LogP contribution in [0.5, 0.6) is 0 Å². The van der Waals surface area contributed by atoms with Gasteiger partial charge in [-0.2, -0.15) is 0 Å². The summed E-state index contributed by atoms with van der Waals surface area (Å²) in [5.41, 5.74) is 0.176. The van der Waals surface area contributed by atoms with Crippen molar-refractivity contribution in [1.82, 2.24) is 16.0 Å². The first-order chi connectivity index (χ1) is 21.2. The van der Waals surface area contributed by atoms with E-state index in [0.29, 0.717) is 19.4 Å². The predicted molar refractivity (Wildman–Crippen MR) is 168 cm³/mol. The lowest BCUT2D eigenvalue weighted by Gasteiger charge is -2.39. The van der Waals surface area contributed by atoms with Crippen LogP contribution in [-0.4, -0.2) is 95.0 Å². The first-order valence-electron chi connectivity index (χ1n) is 15.1. The highest BCUT2D eigenvalue weighted by Crippen LogP contribution is 2.43. The zero-order valence-corrected chi connectivity index (χ0v) is 27.9. The molecule has 3 heterocycles. The topological polar surface area (TPSA) is 189 Å². The summed E-state index contributed by atoms with van der Waals surface area (Å²) in [5.74, 6) is -1.87. The van der Waals surface area contributed by atoms with Gasteiger partial charge in [-0.15, -0.1) is 0 Å². The van der Waals surface area contributed by atoms with Crippen LogP contribution in [0.25, 0.3) is 0 Å². The Bertz CT molecular complexity index is 1200. The number of carbonyl (C=O) groups is 4. The molecule has 5 N–H and O–H groups in total. The van der Waals surface area contributed by atoms with E-state index in [-0.39, 0.29) is 41.8 Å². The largest absolute Gasteiger partial charge is 0.459 e. The van der Waals surface area contributed by atoms with E-state index in [4.69, 9.17) is 24.4 Å². The fourth-order valence-corrected chi connectivity index (χ4v) is 5.63. The molecule has 3 amide bonds. The summed E-state index contributed by atoms with van der Waals surface area (Å²) in [7, 11) is 0. The van der Waals surface area contributed by atoms with Crippen LogP contribution in [0.1, 0.15) is 60.3 Å². The number of halogens is 1. The smallest absolute Gasteiger partial charge is 0.303 e. The molecule has 3 aliphatic rings. The lowest BCUT2D eigenvalue weighted by molar-refractivity contribution is -0.145. The Hall–Kier alpha value is -2.91. The van der Waals surface area contributed by atoms with Gasteiger partial charge in [-0.3, -0.25) is 35.2 Å². The molecule has 0 aliphatic carbocycles. The molecule has 0 aromatic rings. The Morgan fingerprint density at radius 2 is 1.82 bits per heavy atom. The van der Waals surface area contributed by atoms with Crippen molar-refractivity contribution in [1.29, 1.82) is 5.41 Å². The van der Waals surface area contributed by atoms with Gasteiger partial charge in [0.2, 0.25) is 23.7 Å². The normalized spacial score (nSPS) is 32.2. The summed E-state index contributed by atoms with van der Waals surface area (Å²) in [6.07, 6.45) is 7.38. The van der Waals surface area contributed by atoms with E-state index >= 15 is 0 Å². The molecule has 3 rings (SSSR count). The zero-order valence-electron chi connectivity index (χ0n) is 26.3. The number of rotatable bonds is 11. The molecular formula is C31H45BrN4O9. The third kappa shape index (κ3) is 11.4. The lowest BCUT2D eigenvalue weighted by Crippen LogP contribution is -2.51. The molecular weight excluding hydrogens is 652 g/mol. The summed E-state index contributed by atoms with van der Waals surface area (Å²) in [6.45, 7) is 9.33. The van der Waals surface area contributed by atoms with Crippen molar-refractivity contribution in [2.75, 3.05) is 11.9 Å². The van der Waals surface area contributed by atoms with Crippen LogP contribution >= 0.6 is 15.9 Å². The van der Waals surface area contributed by atoms with E-state index in [9.17, 15) is 24.3 Å². The van der Waals surface area contributed by atoms with Crippen LogP contribution < -0.4 is 16.0 Å². The van der Waals surface area contributed by atoms with Crippen LogP contribution in [0.2, 0.25) is 0 Å². The highest BCUT2D eigenvalue weighted by atomic mass is 79.9. The number of carbonyl (C=O) groups excluding carboxylic acids is 4. The predicted octanol–water partition coefficient (Wildman–Crippen LogP) is 1.92. The Balaban J connectivity index is 1.50. The van der Waals surface area contributed by atoms with E-state index in [1.165, 1.54) is 19.1 Å². The molecule has 0 unspecified atom stereocenters. The summed E-state index contributed by atoms with van der Waals surface area (Å²) in [5, 5.41) is 26.2. The molecule has 3 saturated heterocycles. The third-order valence-corrected chi connectivity index (χ3v) is 8.50. The molecule has 14 heteroatoms. The van der Waals surface area contributed by atoms with Gasteiger partial charge < -0.3 is 29.4 Å². The number of esters is 1. The van der Waals surface area contributed by atoms with Crippen molar-refractivity contribution in [2.45, 2.75) is 109 Å². The molecule has 0 bridgehead atoms. The summed E-state index contributed by atoms with van der Waals surface area (Å²) in [6, 6.07) is -0.155. The van der Waals surface area contributed by atoms with Crippen LogP contribution in [0, 0.1) is 11.3 Å². The molecule has 45 heavy (non-hydrogen) atoms. The first-order valence-corrected chi connectivity index (χ1v) is 16.2. The van der Waals surface area contributed by atoms with Crippen LogP contribution in [-0.2, 0) is 38.1 Å². The Morgan fingerprint density at radius 1 is 1.13 bits per heavy atom. The number of aliphatic hydroxyl groups excluding tert-OH is 1. The van der Waals surface area contributed by atoms with Gasteiger partial charge in [0.05, 0.1) is 42.7 Å². The molecule has 1 spiro atoms. The third-order valence-electron chi connectivity index (χ3n) is 7.99. The molecule has 0 saturated carbocycles. The highest BCUT2D eigenvalue weighted by molar-refractivity contribution is 9.09. The fourth-order valence-electron chi connectivity index (χ4n) is 5.49. The number of epoxide rings is 1. The van der Waals surface area contributed by atoms with E-state index in [1.807, 2.05) is 19.9 Å². The second kappa shape index (κ2) is 16.6. The van der Waals surface area contributed by atoms with Crippen molar-refractivity contribution in [3.05, 3.63) is 36.0 Å². The number of hydrogen-bond donors (Lipinski definition) is 5.